The molecule has 3 rings (SSSR count). The molecular weight excluding hydrogens is 326 g/mol. The molecule has 0 saturated heterocycles. The predicted molar refractivity (Wildman–Crippen MR) is 78.1 cm³/mol. The van der Waals surface area contributed by atoms with E-state index < -0.39 is 27.5 Å². The first kappa shape index (κ1) is 15.3. The summed E-state index contributed by atoms with van der Waals surface area (Å²) < 4.78 is 55.4. The Kier molecular flexibility index (Phi) is 3.72. The van der Waals surface area contributed by atoms with Crippen LogP contribution >= 0.6 is 0 Å². The van der Waals surface area contributed by atoms with Crippen LogP contribution in [0.15, 0.2) is 47.9 Å². The minimum absolute atomic E-state index is 0.111. The average Bonchev–Trinajstić information content (AvgIpc) is 3.15. The van der Waals surface area contributed by atoms with Gasteiger partial charge in [0.15, 0.2) is 0 Å². The maximum Gasteiger partial charge on any atom is 0.271 e. The zero-order valence-electron chi connectivity index (χ0n) is 12.0. The third-order valence-corrected chi connectivity index (χ3v) is 4.94. The van der Waals surface area contributed by atoms with E-state index in [9.17, 15) is 17.2 Å². The summed E-state index contributed by atoms with van der Waals surface area (Å²) in [4.78, 5) is 3.32. The summed E-state index contributed by atoms with van der Waals surface area (Å²) in [6, 6.07) is 3.63. The molecule has 0 spiro atoms. The van der Waals surface area contributed by atoms with Crippen molar-refractivity contribution < 1.29 is 17.2 Å². The van der Waals surface area contributed by atoms with Crippen molar-refractivity contribution in [3.63, 3.8) is 0 Å². The summed E-state index contributed by atoms with van der Waals surface area (Å²) in [5.41, 5.74) is -0.638. The van der Waals surface area contributed by atoms with Crippen molar-refractivity contribution in [3.05, 3.63) is 54.8 Å². The van der Waals surface area contributed by atoms with Gasteiger partial charge in [-0.05, 0) is 25.1 Å². The highest BCUT2D eigenvalue weighted by Crippen LogP contribution is 2.28. The van der Waals surface area contributed by atoms with Crippen molar-refractivity contribution in [2.24, 2.45) is 0 Å². The highest BCUT2D eigenvalue weighted by Gasteiger charge is 2.26. The van der Waals surface area contributed by atoms with Crippen molar-refractivity contribution in [1.29, 1.82) is 0 Å². The molecule has 0 radical (unpaired) electrons. The first-order valence-corrected chi connectivity index (χ1v) is 8.15. The Morgan fingerprint density at radius 1 is 1.26 bits per heavy atom. The maximum atomic E-state index is 14.1. The third-order valence-electron chi connectivity index (χ3n) is 3.31. The topological polar surface area (TPSA) is 69.8 Å². The summed E-state index contributed by atoms with van der Waals surface area (Å²) in [5.74, 6) is -1.81. The van der Waals surface area contributed by atoms with Crippen LogP contribution in [0.25, 0.3) is 11.3 Å². The molecule has 0 fully saturated rings. The van der Waals surface area contributed by atoms with Crippen LogP contribution in [0.5, 0.6) is 0 Å². The van der Waals surface area contributed by atoms with Crippen LogP contribution in [0.1, 0.15) is 6.92 Å². The van der Waals surface area contributed by atoms with Gasteiger partial charge in [-0.15, -0.1) is 0 Å². The van der Waals surface area contributed by atoms with E-state index in [0.29, 0.717) is 10.5 Å². The molecule has 6 nitrogen and oxygen atoms in total. The van der Waals surface area contributed by atoms with E-state index in [4.69, 9.17) is 0 Å². The van der Waals surface area contributed by atoms with E-state index in [0.717, 1.165) is 12.3 Å². The molecular formula is C14H12F2N4O2S. The molecule has 0 atom stereocenters. The lowest BCUT2D eigenvalue weighted by molar-refractivity contribution is 0.576. The third kappa shape index (κ3) is 2.52. The van der Waals surface area contributed by atoms with Crippen molar-refractivity contribution >= 4 is 10.0 Å². The van der Waals surface area contributed by atoms with Crippen LogP contribution < -0.4 is 0 Å². The molecule has 0 aromatic carbocycles. The van der Waals surface area contributed by atoms with Gasteiger partial charge in [-0.3, -0.25) is 4.68 Å². The lowest BCUT2D eigenvalue weighted by atomic mass is 10.2. The van der Waals surface area contributed by atoms with Crippen molar-refractivity contribution in [2.75, 3.05) is 0 Å². The Hall–Kier alpha value is -2.55. The van der Waals surface area contributed by atoms with Crippen molar-refractivity contribution in [1.82, 2.24) is 18.7 Å². The minimum Gasteiger partial charge on any atom is -0.272 e. The summed E-state index contributed by atoms with van der Waals surface area (Å²) in [5, 5.41) is 3.90. The zero-order valence-corrected chi connectivity index (χ0v) is 12.8. The molecule has 0 saturated carbocycles. The number of hydrogen-bond acceptors (Lipinski definition) is 4. The molecule has 3 aromatic rings. The molecule has 3 heterocycles. The fourth-order valence-electron chi connectivity index (χ4n) is 2.17. The normalized spacial score (nSPS) is 11.8. The first-order chi connectivity index (χ1) is 10.9. The second kappa shape index (κ2) is 5.58. The van der Waals surface area contributed by atoms with E-state index in [2.05, 4.69) is 10.1 Å². The molecule has 0 bridgehead atoms. The highest BCUT2D eigenvalue weighted by atomic mass is 32.2. The standard InChI is InChI=1S/C14H12F2N4O2S/c1-2-19-9-10(8-18-19)23(21,22)20-7-5-12(15)13(20)11-4-3-6-17-14(11)16/h3-9H,2H2,1H3. The predicted octanol–water partition coefficient (Wildman–Crippen LogP) is 2.28. The van der Waals surface area contributed by atoms with E-state index >= 15 is 0 Å². The summed E-state index contributed by atoms with van der Waals surface area (Å²) >= 11 is 0. The van der Waals surface area contributed by atoms with Crippen LogP contribution in [0, 0.1) is 11.8 Å². The van der Waals surface area contributed by atoms with Gasteiger partial charge in [-0.2, -0.15) is 9.49 Å². The molecule has 9 heteroatoms. The number of aromatic nitrogens is 4. The second-order valence-electron chi connectivity index (χ2n) is 4.69. The molecule has 0 unspecified atom stereocenters. The number of halogens is 2. The highest BCUT2D eigenvalue weighted by molar-refractivity contribution is 7.90. The van der Waals surface area contributed by atoms with E-state index in [1.165, 1.54) is 35.4 Å². The second-order valence-corrected chi connectivity index (χ2v) is 6.50. The van der Waals surface area contributed by atoms with Crippen LogP contribution in [-0.4, -0.2) is 27.2 Å². The van der Waals surface area contributed by atoms with Gasteiger partial charge >= 0.3 is 0 Å². The van der Waals surface area contributed by atoms with E-state index in [1.807, 2.05) is 0 Å². The molecule has 23 heavy (non-hydrogen) atoms. The Labute approximate surface area is 131 Å². The SMILES string of the molecule is CCn1cc(S(=O)(=O)n2ccc(F)c2-c2cccnc2F)cn1. The van der Waals surface area contributed by atoms with Crippen molar-refractivity contribution in [2.45, 2.75) is 18.4 Å². The number of aryl methyl sites for hydroxylation is 1. The molecule has 0 aliphatic carbocycles. The van der Waals surface area contributed by atoms with E-state index in [1.54, 1.807) is 6.92 Å². The largest absolute Gasteiger partial charge is 0.272 e. The fraction of sp³-hybridized carbons (Fsp3) is 0.143. The monoisotopic (exact) mass is 338 g/mol. The van der Waals surface area contributed by atoms with E-state index in [-0.39, 0.29) is 10.5 Å². The molecule has 0 amide bonds. The Bertz CT molecular complexity index is 963. The summed E-state index contributed by atoms with van der Waals surface area (Å²) in [6.07, 6.45) is 4.73. The zero-order chi connectivity index (χ0) is 16.6. The lowest BCUT2D eigenvalue weighted by Crippen LogP contribution is -2.13. The fourth-order valence-corrected chi connectivity index (χ4v) is 3.48. The first-order valence-electron chi connectivity index (χ1n) is 6.71. The van der Waals surface area contributed by atoms with Crippen molar-refractivity contribution in [3.8, 4) is 11.3 Å². The summed E-state index contributed by atoms with van der Waals surface area (Å²) in [7, 11) is -4.10. The Morgan fingerprint density at radius 3 is 2.70 bits per heavy atom. The Morgan fingerprint density at radius 2 is 2.04 bits per heavy atom. The number of rotatable bonds is 4. The minimum atomic E-state index is -4.10. The van der Waals surface area contributed by atoms with Crippen LogP contribution in [0.4, 0.5) is 8.78 Å². The number of pyridine rings is 1. The van der Waals surface area contributed by atoms with Crippen LogP contribution in [0.3, 0.4) is 0 Å². The molecule has 3 aromatic heterocycles. The van der Waals surface area contributed by atoms with Gasteiger partial charge in [0.2, 0.25) is 5.95 Å². The van der Waals surface area contributed by atoms with Gasteiger partial charge in [-0.1, -0.05) is 0 Å². The van der Waals surface area contributed by atoms with Gasteiger partial charge in [-0.25, -0.2) is 21.8 Å². The van der Waals surface area contributed by atoms with Gasteiger partial charge in [0.05, 0.1) is 11.8 Å². The molecule has 0 aliphatic heterocycles. The lowest BCUT2D eigenvalue weighted by Gasteiger charge is -2.09. The quantitative estimate of drug-likeness (QED) is 0.684. The van der Waals surface area contributed by atoms with Gasteiger partial charge in [0, 0.05) is 25.1 Å². The number of nitrogens with zero attached hydrogens (tertiary/aromatic N) is 4. The molecule has 0 N–H and O–H groups in total. The van der Waals surface area contributed by atoms with Gasteiger partial charge < -0.3 is 0 Å². The number of hydrogen-bond donors (Lipinski definition) is 0. The Balaban J connectivity index is 2.20. The average molecular weight is 338 g/mol. The molecule has 120 valence electrons. The summed E-state index contributed by atoms with van der Waals surface area (Å²) in [6.45, 7) is 2.29. The maximum absolute atomic E-state index is 14.1. The van der Waals surface area contributed by atoms with Gasteiger partial charge in [0.1, 0.15) is 16.4 Å². The smallest absolute Gasteiger partial charge is 0.271 e. The van der Waals surface area contributed by atoms with Crippen LogP contribution in [-0.2, 0) is 16.6 Å². The van der Waals surface area contributed by atoms with Crippen LogP contribution in [0.2, 0.25) is 0 Å². The van der Waals surface area contributed by atoms with Gasteiger partial charge in [0.25, 0.3) is 10.0 Å². The molecule has 0 aliphatic rings.